The van der Waals surface area contributed by atoms with Crippen LogP contribution in [0.3, 0.4) is 0 Å². The molecule has 0 saturated heterocycles. The van der Waals surface area contributed by atoms with Gasteiger partial charge in [-0.05, 0) is 44.7 Å². The predicted octanol–water partition coefficient (Wildman–Crippen LogP) is 1.66. The highest BCUT2D eigenvalue weighted by molar-refractivity contribution is 5.94. The number of benzene rings is 1. The maximum Gasteiger partial charge on any atom is 0.251 e. The topological polar surface area (TPSA) is 137 Å². The molecule has 9 heteroatoms. The Morgan fingerprint density at radius 1 is 0.970 bits per heavy atom. The number of primary amides is 1. The standard InChI is InChI=1S/C24H37N3O6/c1-3-20(28)7-6-14-32-15-16-33-17-22(29)27-21(23(25)30)8-4-5-13-26-24(31)19-11-9-18(2)10-12-19/h9-12,21H,3-8,13-17H2,1-2H3,(H2,25,30)(H,26,31)(H,27,29). The average Bonchev–Trinajstić information content (AvgIpc) is 2.79. The van der Waals surface area contributed by atoms with Crippen molar-refractivity contribution in [3.63, 3.8) is 0 Å². The highest BCUT2D eigenvalue weighted by Gasteiger charge is 2.17. The Labute approximate surface area is 195 Å². The minimum Gasteiger partial charge on any atom is -0.379 e. The van der Waals surface area contributed by atoms with Crippen LogP contribution in [0.1, 0.15) is 61.4 Å². The van der Waals surface area contributed by atoms with Crippen molar-refractivity contribution in [3.05, 3.63) is 35.4 Å². The molecule has 0 radical (unpaired) electrons. The van der Waals surface area contributed by atoms with Crippen molar-refractivity contribution < 1.29 is 28.7 Å². The summed E-state index contributed by atoms with van der Waals surface area (Å²) in [4.78, 5) is 46.8. The number of Topliss-reactive ketones (excluding diaryl/α,β-unsaturated/α-hetero) is 1. The summed E-state index contributed by atoms with van der Waals surface area (Å²) in [6.07, 6.45) is 3.35. The number of hydrogen-bond donors (Lipinski definition) is 3. The first-order valence-electron chi connectivity index (χ1n) is 11.4. The lowest BCUT2D eigenvalue weighted by molar-refractivity contribution is -0.130. The summed E-state index contributed by atoms with van der Waals surface area (Å²) in [6, 6.07) is 6.51. The molecule has 0 heterocycles. The third-order valence-electron chi connectivity index (χ3n) is 4.94. The number of nitrogens with one attached hydrogen (secondary N) is 2. The van der Waals surface area contributed by atoms with Crippen LogP contribution in [0.4, 0.5) is 0 Å². The number of hydrogen-bond acceptors (Lipinski definition) is 6. The normalized spacial score (nSPS) is 11.6. The molecule has 9 nitrogen and oxygen atoms in total. The number of nitrogens with two attached hydrogens (primary N) is 1. The summed E-state index contributed by atoms with van der Waals surface area (Å²) in [5.74, 6) is -0.982. The molecule has 1 aromatic carbocycles. The predicted molar refractivity (Wildman–Crippen MR) is 125 cm³/mol. The Balaban J connectivity index is 2.13. The SMILES string of the molecule is CCC(=O)CCCOCCOCC(=O)NC(CCCCNC(=O)c1ccc(C)cc1)C(N)=O. The Morgan fingerprint density at radius 3 is 2.33 bits per heavy atom. The van der Waals surface area contributed by atoms with Gasteiger partial charge in [-0.2, -0.15) is 0 Å². The third-order valence-corrected chi connectivity index (χ3v) is 4.94. The number of aryl methyl sites for hydroxylation is 1. The monoisotopic (exact) mass is 463 g/mol. The van der Waals surface area contributed by atoms with Crippen LogP contribution < -0.4 is 16.4 Å². The van der Waals surface area contributed by atoms with Gasteiger partial charge in [-0.25, -0.2) is 0 Å². The second-order valence-corrected chi connectivity index (χ2v) is 7.80. The van der Waals surface area contributed by atoms with E-state index in [9.17, 15) is 19.2 Å². The van der Waals surface area contributed by atoms with Gasteiger partial charge in [0.05, 0.1) is 13.2 Å². The van der Waals surface area contributed by atoms with Gasteiger partial charge in [0.15, 0.2) is 0 Å². The number of rotatable bonds is 18. The molecule has 0 bridgehead atoms. The van der Waals surface area contributed by atoms with Crippen LogP contribution in [-0.4, -0.2) is 62.5 Å². The van der Waals surface area contributed by atoms with Gasteiger partial charge in [-0.1, -0.05) is 24.6 Å². The van der Waals surface area contributed by atoms with E-state index in [0.29, 0.717) is 63.8 Å². The highest BCUT2D eigenvalue weighted by Crippen LogP contribution is 2.04. The van der Waals surface area contributed by atoms with Crippen LogP contribution in [0.5, 0.6) is 0 Å². The molecule has 0 aromatic heterocycles. The molecule has 0 aliphatic heterocycles. The van der Waals surface area contributed by atoms with Crippen LogP contribution in [0.15, 0.2) is 24.3 Å². The molecule has 3 amide bonds. The van der Waals surface area contributed by atoms with Crippen molar-refractivity contribution >= 4 is 23.5 Å². The molecule has 1 aromatic rings. The maximum absolute atomic E-state index is 12.1. The van der Waals surface area contributed by atoms with E-state index in [1.54, 1.807) is 12.1 Å². The van der Waals surface area contributed by atoms with E-state index < -0.39 is 17.9 Å². The largest absolute Gasteiger partial charge is 0.379 e. The van der Waals surface area contributed by atoms with Crippen LogP contribution >= 0.6 is 0 Å². The van der Waals surface area contributed by atoms with Gasteiger partial charge in [0.25, 0.3) is 5.91 Å². The Bertz CT molecular complexity index is 751. The summed E-state index contributed by atoms with van der Waals surface area (Å²) >= 11 is 0. The summed E-state index contributed by atoms with van der Waals surface area (Å²) < 4.78 is 10.6. The van der Waals surface area contributed by atoms with Crippen molar-refractivity contribution in [2.24, 2.45) is 5.73 Å². The van der Waals surface area contributed by atoms with Crippen LogP contribution in [-0.2, 0) is 23.9 Å². The molecule has 0 aliphatic carbocycles. The zero-order chi connectivity index (χ0) is 24.5. The molecule has 1 rings (SSSR count). The van der Waals surface area contributed by atoms with E-state index in [2.05, 4.69) is 10.6 Å². The second kappa shape index (κ2) is 16.8. The van der Waals surface area contributed by atoms with Gasteiger partial charge in [0.1, 0.15) is 18.4 Å². The van der Waals surface area contributed by atoms with Crippen LogP contribution in [0.2, 0.25) is 0 Å². The molecule has 0 spiro atoms. The molecular formula is C24H37N3O6. The number of carbonyl (C=O) groups excluding carboxylic acids is 4. The lowest BCUT2D eigenvalue weighted by Crippen LogP contribution is -2.45. The molecule has 33 heavy (non-hydrogen) atoms. The van der Waals surface area contributed by atoms with E-state index in [-0.39, 0.29) is 24.9 Å². The van der Waals surface area contributed by atoms with Crippen LogP contribution in [0.25, 0.3) is 0 Å². The summed E-state index contributed by atoms with van der Waals surface area (Å²) in [5, 5.41) is 5.41. The quantitative estimate of drug-likeness (QED) is 0.283. The molecule has 0 saturated carbocycles. The minimum absolute atomic E-state index is 0.148. The Hall–Kier alpha value is -2.78. The van der Waals surface area contributed by atoms with Crippen LogP contribution in [0, 0.1) is 6.92 Å². The number of carbonyl (C=O) groups is 4. The number of unbranched alkanes of at least 4 members (excludes halogenated alkanes) is 1. The van der Waals surface area contributed by atoms with Gasteiger partial charge in [-0.3, -0.25) is 19.2 Å². The Morgan fingerprint density at radius 2 is 1.67 bits per heavy atom. The van der Waals surface area contributed by atoms with E-state index >= 15 is 0 Å². The molecule has 184 valence electrons. The molecule has 1 unspecified atom stereocenters. The smallest absolute Gasteiger partial charge is 0.251 e. The second-order valence-electron chi connectivity index (χ2n) is 7.80. The lowest BCUT2D eigenvalue weighted by atomic mass is 10.1. The molecule has 1 atom stereocenters. The minimum atomic E-state index is -0.791. The van der Waals surface area contributed by atoms with E-state index in [4.69, 9.17) is 15.2 Å². The fourth-order valence-corrected chi connectivity index (χ4v) is 2.94. The van der Waals surface area contributed by atoms with Gasteiger partial charge in [0, 0.05) is 31.6 Å². The zero-order valence-corrected chi connectivity index (χ0v) is 19.7. The van der Waals surface area contributed by atoms with Crippen molar-refractivity contribution in [2.45, 2.75) is 58.4 Å². The first kappa shape index (κ1) is 28.3. The van der Waals surface area contributed by atoms with Crippen molar-refractivity contribution in [3.8, 4) is 0 Å². The zero-order valence-electron chi connectivity index (χ0n) is 19.7. The fraction of sp³-hybridized carbons (Fsp3) is 0.583. The number of ketones is 1. The highest BCUT2D eigenvalue weighted by atomic mass is 16.5. The number of amides is 3. The molecule has 0 fully saturated rings. The van der Waals surface area contributed by atoms with Gasteiger partial charge in [0.2, 0.25) is 11.8 Å². The van der Waals surface area contributed by atoms with E-state index in [1.807, 2.05) is 26.0 Å². The summed E-state index contributed by atoms with van der Waals surface area (Å²) in [5.41, 5.74) is 7.06. The van der Waals surface area contributed by atoms with Gasteiger partial charge in [-0.15, -0.1) is 0 Å². The Kier molecular flexibility index (Phi) is 14.4. The van der Waals surface area contributed by atoms with Crippen molar-refractivity contribution in [1.82, 2.24) is 10.6 Å². The lowest BCUT2D eigenvalue weighted by Gasteiger charge is -2.15. The summed E-state index contributed by atoms with van der Waals surface area (Å²) in [7, 11) is 0. The molecule has 0 aliphatic rings. The van der Waals surface area contributed by atoms with Crippen molar-refractivity contribution in [1.29, 1.82) is 0 Å². The summed E-state index contributed by atoms with van der Waals surface area (Å²) in [6.45, 7) is 5.07. The van der Waals surface area contributed by atoms with Gasteiger partial charge < -0.3 is 25.8 Å². The van der Waals surface area contributed by atoms with E-state index in [0.717, 1.165) is 5.56 Å². The van der Waals surface area contributed by atoms with E-state index in [1.165, 1.54) is 0 Å². The third kappa shape index (κ3) is 13.4. The van der Waals surface area contributed by atoms with Gasteiger partial charge >= 0.3 is 0 Å². The molecule has 4 N–H and O–H groups in total. The van der Waals surface area contributed by atoms with Crippen molar-refractivity contribution in [2.75, 3.05) is 33.0 Å². The first-order valence-corrected chi connectivity index (χ1v) is 11.4. The average molecular weight is 464 g/mol. The first-order chi connectivity index (χ1) is 15.8. The fourth-order valence-electron chi connectivity index (χ4n) is 2.94. The maximum atomic E-state index is 12.1. The molecular weight excluding hydrogens is 426 g/mol. The number of ether oxygens (including phenoxy) is 2.